The van der Waals surface area contributed by atoms with E-state index < -0.39 is 23.9 Å². The first-order valence-electron chi connectivity index (χ1n) is 9.31. The van der Waals surface area contributed by atoms with E-state index in [4.69, 9.17) is 0 Å². The molecule has 0 bridgehead atoms. The number of carbonyl (C=O) groups excluding carboxylic acids is 2. The van der Waals surface area contributed by atoms with Crippen LogP contribution in [0.2, 0.25) is 0 Å². The molecule has 0 saturated heterocycles. The van der Waals surface area contributed by atoms with Gasteiger partial charge in [-0.1, -0.05) is 25.0 Å². The Kier molecular flexibility index (Phi) is 6.89. The number of halogens is 3. The van der Waals surface area contributed by atoms with Crippen LogP contribution in [-0.2, 0) is 11.3 Å². The van der Waals surface area contributed by atoms with Crippen molar-refractivity contribution in [1.29, 1.82) is 0 Å². The Labute approximate surface area is 158 Å². The summed E-state index contributed by atoms with van der Waals surface area (Å²) in [7, 11) is 1.72. The van der Waals surface area contributed by atoms with E-state index in [-0.39, 0.29) is 31.3 Å². The molecular weight excluding hydrogens is 357 g/mol. The van der Waals surface area contributed by atoms with Gasteiger partial charge in [-0.15, -0.1) is 0 Å². The fourth-order valence-corrected chi connectivity index (χ4v) is 3.36. The maximum atomic E-state index is 13.1. The molecule has 2 rings (SSSR count). The van der Waals surface area contributed by atoms with Gasteiger partial charge in [0.05, 0.1) is 5.92 Å². The van der Waals surface area contributed by atoms with E-state index in [1.165, 1.54) is 0 Å². The van der Waals surface area contributed by atoms with Crippen molar-refractivity contribution < 1.29 is 22.8 Å². The number of hydrogen-bond donors (Lipinski definition) is 1. The van der Waals surface area contributed by atoms with Crippen molar-refractivity contribution in [3.63, 3.8) is 0 Å². The average molecular weight is 384 g/mol. The predicted octanol–water partition coefficient (Wildman–Crippen LogP) is 4.15. The van der Waals surface area contributed by atoms with Gasteiger partial charge < -0.3 is 10.2 Å². The fraction of sp³-hybridized carbons (Fsp3) is 0.600. The van der Waals surface area contributed by atoms with Crippen molar-refractivity contribution in [3.05, 3.63) is 35.4 Å². The summed E-state index contributed by atoms with van der Waals surface area (Å²) >= 11 is 0. The van der Waals surface area contributed by atoms with Crippen LogP contribution in [0, 0.1) is 11.8 Å². The van der Waals surface area contributed by atoms with E-state index in [2.05, 4.69) is 5.32 Å². The summed E-state index contributed by atoms with van der Waals surface area (Å²) in [5.41, 5.74) is 1.28. The molecule has 27 heavy (non-hydrogen) atoms. The van der Waals surface area contributed by atoms with Crippen LogP contribution in [0.4, 0.5) is 13.2 Å². The molecule has 2 amide bonds. The monoisotopic (exact) mass is 384 g/mol. The molecule has 1 aromatic carbocycles. The minimum absolute atomic E-state index is 0.0156. The van der Waals surface area contributed by atoms with Crippen molar-refractivity contribution in [2.24, 2.45) is 11.8 Å². The van der Waals surface area contributed by atoms with E-state index >= 15 is 0 Å². The first-order chi connectivity index (χ1) is 12.6. The Morgan fingerprint density at radius 2 is 1.74 bits per heavy atom. The highest BCUT2D eigenvalue weighted by molar-refractivity contribution is 5.94. The zero-order valence-electron chi connectivity index (χ0n) is 16.0. The quantitative estimate of drug-likeness (QED) is 0.829. The zero-order chi connectivity index (χ0) is 20.2. The third-order valence-corrected chi connectivity index (χ3v) is 5.29. The van der Waals surface area contributed by atoms with Crippen LogP contribution in [0.3, 0.4) is 0 Å². The van der Waals surface area contributed by atoms with Gasteiger partial charge >= 0.3 is 6.18 Å². The lowest BCUT2D eigenvalue weighted by atomic mass is 9.78. The van der Waals surface area contributed by atoms with Crippen molar-refractivity contribution in [1.82, 2.24) is 10.2 Å². The molecule has 2 atom stereocenters. The largest absolute Gasteiger partial charge is 0.392 e. The number of carbonyl (C=O) groups is 2. The number of benzene rings is 1. The summed E-state index contributed by atoms with van der Waals surface area (Å²) in [4.78, 5) is 26.2. The van der Waals surface area contributed by atoms with Crippen LogP contribution >= 0.6 is 0 Å². The molecule has 1 N–H and O–H groups in total. The molecule has 7 heteroatoms. The molecule has 150 valence electrons. The number of rotatable bonds is 5. The zero-order valence-corrected chi connectivity index (χ0v) is 16.0. The lowest BCUT2D eigenvalue weighted by Crippen LogP contribution is -2.42. The van der Waals surface area contributed by atoms with Crippen LogP contribution in [0.25, 0.3) is 0 Å². The van der Waals surface area contributed by atoms with Crippen LogP contribution in [0.15, 0.2) is 24.3 Å². The average Bonchev–Trinajstić information content (AvgIpc) is 2.64. The molecule has 0 aromatic heterocycles. The van der Waals surface area contributed by atoms with Crippen LogP contribution < -0.4 is 5.32 Å². The smallest absolute Gasteiger partial charge is 0.352 e. The molecule has 0 unspecified atom stereocenters. The number of hydrogen-bond acceptors (Lipinski definition) is 2. The van der Waals surface area contributed by atoms with Gasteiger partial charge in [-0.2, -0.15) is 13.2 Å². The Hall–Kier alpha value is -2.05. The molecule has 1 saturated carbocycles. The van der Waals surface area contributed by atoms with E-state index in [0.717, 1.165) is 5.56 Å². The highest BCUT2D eigenvalue weighted by Crippen LogP contribution is 2.41. The van der Waals surface area contributed by atoms with Crippen molar-refractivity contribution in [3.8, 4) is 0 Å². The summed E-state index contributed by atoms with van der Waals surface area (Å²) in [5, 5.41) is 2.63. The first kappa shape index (κ1) is 21.3. The van der Waals surface area contributed by atoms with Crippen molar-refractivity contribution in [2.45, 2.75) is 58.3 Å². The van der Waals surface area contributed by atoms with Gasteiger partial charge in [-0.05, 0) is 44.4 Å². The Morgan fingerprint density at radius 1 is 1.15 bits per heavy atom. The minimum atomic E-state index is -4.34. The number of alkyl halides is 3. The second kappa shape index (κ2) is 8.76. The lowest BCUT2D eigenvalue weighted by Gasteiger charge is -2.32. The minimum Gasteiger partial charge on any atom is -0.352 e. The highest BCUT2D eigenvalue weighted by Gasteiger charge is 2.47. The molecule has 1 aliphatic rings. The second-order valence-electron chi connectivity index (χ2n) is 7.46. The molecule has 4 nitrogen and oxygen atoms in total. The standard InChI is InChI=1S/C20H27F3N2O2/c1-13(2)25(3)19(27)15-10-8-14(9-11-15)12-24-18(26)16-6-4-5-7-17(16)20(21,22)23/h8-11,13,16-17H,4-7,12H2,1-3H3,(H,24,26)/t16-,17-/m1/s1. The van der Waals surface area contributed by atoms with Crippen LogP contribution in [0.5, 0.6) is 0 Å². The summed E-state index contributed by atoms with van der Waals surface area (Å²) in [6.45, 7) is 3.98. The summed E-state index contributed by atoms with van der Waals surface area (Å²) < 4.78 is 39.4. The van der Waals surface area contributed by atoms with E-state index in [9.17, 15) is 22.8 Å². The SMILES string of the molecule is CC(C)N(C)C(=O)c1ccc(CNC(=O)[C@@H]2CCCC[C@H]2C(F)(F)F)cc1. The Balaban J connectivity index is 1.96. The molecule has 1 fully saturated rings. The predicted molar refractivity (Wildman–Crippen MR) is 97.0 cm³/mol. The lowest BCUT2D eigenvalue weighted by molar-refractivity contribution is -0.198. The van der Waals surface area contributed by atoms with E-state index in [0.29, 0.717) is 18.4 Å². The molecule has 0 radical (unpaired) electrons. The summed E-state index contributed by atoms with van der Waals surface area (Å²) in [5.74, 6) is -3.22. The fourth-order valence-electron chi connectivity index (χ4n) is 3.36. The van der Waals surface area contributed by atoms with Gasteiger partial charge in [0.25, 0.3) is 5.91 Å². The molecule has 0 heterocycles. The van der Waals surface area contributed by atoms with Crippen LogP contribution in [-0.4, -0.2) is 36.0 Å². The van der Waals surface area contributed by atoms with Crippen molar-refractivity contribution >= 4 is 11.8 Å². The Morgan fingerprint density at radius 3 is 2.30 bits per heavy atom. The highest BCUT2D eigenvalue weighted by atomic mass is 19.4. The number of nitrogens with one attached hydrogen (secondary N) is 1. The molecule has 0 spiro atoms. The van der Waals surface area contributed by atoms with Gasteiger partial charge in [0.15, 0.2) is 0 Å². The molecule has 0 aliphatic heterocycles. The van der Waals surface area contributed by atoms with Crippen LogP contribution in [0.1, 0.15) is 55.5 Å². The van der Waals surface area contributed by atoms with Gasteiger partial charge in [-0.25, -0.2) is 0 Å². The molecule has 1 aliphatic carbocycles. The second-order valence-corrected chi connectivity index (χ2v) is 7.46. The third-order valence-electron chi connectivity index (χ3n) is 5.29. The Bertz CT molecular complexity index is 656. The van der Waals surface area contributed by atoms with Gasteiger partial charge in [-0.3, -0.25) is 9.59 Å². The van der Waals surface area contributed by atoms with Gasteiger partial charge in [0.2, 0.25) is 5.91 Å². The van der Waals surface area contributed by atoms with Gasteiger partial charge in [0.1, 0.15) is 0 Å². The maximum Gasteiger partial charge on any atom is 0.392 e. The van der Waals surface area contributed by atoms with E-state index in [1.807, 2.05) is 13.8 Å². The normalized spacial score (nSPS) is 20.4. The maximum absolute atomic E-state index is 13.1. The summed E-state index contributed by atoms with van der Waals surface area (Å²) in [6, 6.07) is 6.84. The number of nitrogens with zero attached hydrogens (tertiary/aromatic N) is 1. The van der Waals surface area contributed by atoms with E-state index in [1.54, 1.807) is 36.2 Å². The topological polar surface area (TPSA) is 49.4 Å². The van der Waals surface area contributed by atoms with Gasteiger partial charge in [0, 0.05) is 31.1 Å². The first-order valence-corrected chi connectivity index (χ1v) is 9.31. The van der Waals surface area contributed by atoms with Crippen molar-refractivity contribution in [2.75, 3.05) is 7.05 Å². The third kappa shape index (κ3) is 5.47. The molecule has 1 aromatic rings. The summed E-state index contributed by atoms with van der Waals surface area (Å²) in [6.07, 6.45) is -2.90. The number of amides is 2. The molecular formula is C20H27F3N2O2.